The second kappa shape index (κ2) is 8.39. The minimum atomic E-state index is -0.184. The maximum atomic E-state index is 11.7. The molecule has 5 N–H and O–H groups in total. The number of amidine groups is 1. The highest BCUT2D eigenvalue weighted by atomic mass is 16.2. The Balaban J connectivity index is 2.18. The van der Waals surface area contributed by atoms with E-state index in [0.29, 0.717) is 16.9 Å². The molecule has 3 aromatic rings. The van der Waals surface area contributed by atoms with Crippen LogP contribution in [0.25, 0.3) is 22.3 Å². The smallest absolute Gasteiger partial charge is 0.221 e. The lowest BCUT2D eigenvalue weighted by atomic mass is 9.92. The summed E-state index contributed by atoms with van der Waals surface area (Å²) in [5, 5.41) is 13.2. The van der Waals surface area contributed by atoms with Crippen LogP contribution in [0.15, 0.2) is 60.7 Å². The lowest BCUT2D eigenvalue weighted by Gasteiger charge is -2.16. The summed E-state index contributed by atoms with van der Waals surface area (Å²) < 4.78 is 0. The van der Waals surface area contributed by atoms with Crippen LogP contribution in [0.4, 0.5) is 11.4 Å². The molecule has 6 nitrogen and oxygen atoms in total. The summed E-state index contributed by atoms with van der Waals surface area (Å²) in [6, 6.07) is 21.5. The normalized spacial score (nSPS) is 10.3. The number of benzene rings is 3. The van der Waals surface area contributed by atoms with E-state index < -0.39 is 0 Å². The van der Waals surface area contributed by atoms with Crippen LogP contribution < -0.4 is 16.4 Å². The van der Waals surface area contributed by atoms with Crippen molar-refractivity contribution in [1.29, 1.82) is 5.41 Å². The van der Waals surface area contributed by atoms with E-state index in [-0.39, 0.29) is 17.6 Å². The maximum Gasteiger partial charge on any atom is 0.221 e. The van der Waals surface area contributed by atoms with Crippen LogP contribution in [0.3, 0.4) is 0 Å². The summed E-state index contributed by atoms with van der Waals surface area (Å²) in [6.07, 6.45) is 0. The largest absolute Gasteiger partial charge is 0.384 e. The maximum absolute atomic E-state index is 11.7. The summed E-state index contributed by atoms with van der Waals surface area (Å²) in [5.41, 5.74) is 10.7. The molecule has 0 spiro atoms. The fraction of sp³-hybridized carbons (Fsp3) is 0.0870. The van der Waals surface area contributed by atoms with Gasteiger partial charge in [0.2, 0.25) is 11.8 Å². The van der Waals surface area contributed by atoms with Gasteiger partial charge < -0.3 is 16.4 Å². The second-order valence-electron chi connectivity index (χ2n) is 6.58. The molecule has 0 heterocycles. The van der Waals surface area contributed by atoms with E-state index >= 15 is 0 Å². The molecule has 2 amide bonds. The predicted molar refractivity (Wildman–Crippen MR) is 116 cm³/mol. The number of nitrogens with one attached hydrogen (secondary N) is 3. The highest BCUT2D eigenvalue weighted by Gasteiger charge is 2.14. The Labute approximate surface area is 169 Å². The molecule has 29 heavy (non-hydrogen) atoms. The van der Waals surface area contributed by atoms with Gasteiger partial charge in [0.25, 0.3) is 0 Å². The number of nitrogens with two attached hydrogens (primary N) is 1. The number of anilines is 2. The van der Waals surface area contributed by atoms with E-state index in [2.05, 4.69) is 16.7 Å². The Morgan fingerprint density at radius 3 is 2.24 bits per heavy atom. The first-order valence-electron chi connectivity index (χ1n) is 9.00. The molecule has 0 aliphatic carbocycles. The third kappa shape index (κ3) is 4.68. The number of carbonyl (C=O) groups is 2. The fourth-order valence-corrected chi connectivity index (χ4v) is 3.09. The number of nitrogen functional groups attached to an aromatic ring is 1. The standard InChI is InChI=1S/C23H21N4O2/c1-14(28)26-19-6-3-5-18(13-19)20-7-4-8-21(27-15(2)29)22(20)16-9-11-17(12-10-16)23(24)25/h3-6,8-13H,1-2H3,(H3,24,25)(H,26,28)(H,27,29). The Morgan fingerprint density at radius 2 is 1.62 bits per heavy atom. The quantitative estimate of drug-likeness (QED) is 0.393. The minimum absolute atomic E-state index is 0.0125. The number of hydrogen-bond donors (Lipinski definition) is 4. The third-order valence-electron chi connectivity index (χ3n) is 4.26. The van der Waals surface area contributed by atoms with Gasteiger partial charge in [0.1, 0.15) is 5.84 Å². The molecule has 145 valence electrons. The first-order valence-corrected chi connectivity index (χ1v) is 9.00. The molecule has 0 atom stereocenters. The van der Waals surface area contributed by atoms with Crippen LogP contribution in [-0.4, -0.2) is 17.6 Å². The average molecular weight is 385 g/mol. The van der Waals surface area contributed by atoms with Crippen LogP contribution >= 0.6 is 0 Å². The van der Waals surface area contributed by atoms with E-state index in [1.165, 1.54) is 13.8 Å². The number of hydrogen-bond acceptors (Lipinski definition) is 3. The van der Waals surface area contributed by atoms with Gasteiger partial charge in [0.05, 0.1) is 0 Å². The van der Waals surface area contributed by atoms with Crippen molar-refractivity contribution in [2.75, 3.05) is 10.6 Å². The highest BCUT2D eigenvalue weighted by molar-refractivity contribution is 6.01. The van der Waals surface area contributed by atoms with Gasteiger partial charge >= 0.3 is 0 Å². The molecule has 1 radical (unpaired) electrons. The van der Waals surface area contributed by atoms with Crippen LogP contribution in [0.2, 0.25) is 0 Å². The Bertz CT molecular complexity index is 1090. The van der Waals surface area contributed by atoms with E-state index in [9.17, 15) is 9.59 Å². The summed E-state index contributed by atoms with van der Waals surface area (Å²) in [5.74, 6) is -0.351. The van der Waals surface area contributed by atoms with Gasteiger partial charge in [-0.05, 0) is 41.0 Å². The Hall–Kier alpha value is -3.93. The molecule has 3 aromatic carbocycles. The van der Waals surface area contributed by atoms with Gasteiger partial charge in [-0.3, -0.25) is 15.0 Å². The Morgan fingerprint density at radius 1 is 0.931 bits per heavy atom. The van der Waals surface area contributed by atoms with Gasteiger partial charge in [0, 0.05) is 36.3 Å². The average Bonchev–Trinajstić information content (AvgIpc) is 2.67. The zero-order chi connectivity index (χ0) is 21.0. The van der Waals surface area contributed by atoms with Gasteiger partial charge in [0.15, 0.2) is 0 Å². The number of rotatable bonds is 5. The first-order chi connectivity index (χ1) is 13.8. The molecule has 0 bridgehead atoms. The molecular weight excluding hydrogens is 364 g/mol. The van der Waals surface area contributed by atoms with Crippen molar-refractivity contribution >= 4 is 29.0 Å². The monoisotopic (exact) mass is 385 g/mol. The van der Waals surface area contributed by atoms with Gasteiger partial charge in [-0.15, -0.1) is 0 Å². The second-order valence-corrected chi connectivity index (χ2v) is 6.58. The third-order valence-corrected chi connectivity index (χ3v) is 4.26. The van der Waals surface area contributed by atoms with Crippen LogP contribution in [0, 0.1) is 11.5 Å². The molecular formula is C23H21N4O2. The number of amides is 2. The lowest BCUT2D eigenvalue weighted by molar-refractivity contribution is -0.115. The van der Waals surface area contributed by atoms with Crippen molar-refractivity contribution in [3.05, 3.63) is 72.3 Å². The molecule has 0 aromatic heterocycles. The zero-order valence-electron chi connectivity index (χ0n) is 16.2. The molecule has 0 fully saturated rings. The summed E-state index contributed by atoms with van der Waals surface area (Å²) in [7, 11) is 0. The van der Waals surface area contributed by atoms with Crippen molar-refractivity contribution in [2.45, 2.75) is 13.8 Å². The Kier molecular flexibility index (Phi) is 5.74. The molecule has 0 aliphatic heterocycles. The SMILES string of the molecule is CC(=O)Nc1cccc(-c2[c]ccc(NC(C)=O)c2-c2ccc(C(=N)N)cc2)c1. The summed E-state index contributed by atoms with van der Waals surface area (Å²) in [6.45, 7) is 2.91. The zero-order valence-corrected chi connectivity index (χ0v) is 16.2. The molecule has 3 rings (SSSR count). The first kappa shape index (κ1) is 19.8. The summed E-state index contributed by atoms with van der Waals surface area (Å²) >= 11 is 0. The van der Waals surface area contributed by atoms with Crippen molar-refractivity contribution in [2.24, 2.45) is 5.73 Å². The van der Waals surface area contributed by atoms with Crippen LogP contribution in [-0.2, 0) is 9.59 Å². The van der Waals surface area contributed by atoms with E-state index in [0.717, 1.165) is 22.3 Å². The van der Waals surface area contributed by atoms with Crippen molar-refractivity contribution in [1.82, 2.24) is 0 Å². The van der Waals surface area contributed by atoms with E-state index in [1.807, 2.05) is 36.4 Å². The fourth-order valence-electron chi connectivity index (χ4n) is 3.09. The molecule has 6 heteroatoms. The molecule has 0 saturated heterocycles. The van der Waals surface area contributed by atoms with Crippen LogP contribution in [0.1, 0.15) is 19.4 Å². The minimum Gasteiger partial charge on any atom is -0.384 e. The van der Waals surface area contributed by atoms with Gasteiger partial charge in [-0.2, -0.15) is 0 Å². The highest BCUT2D eigenvalue weighted by Crippen LogP contribution is 2.38. The molecule has 0 aliphatic rings. The van der Waals surface area contributed by atoms with Gasteiger partial charge in [-0.1, -0.05) is 42.5 Å². The summed E-state index contributed by atoms with van der Waals surface area (Å²) in [4.78, 5) is 23.2. The topological polar surface area (TPSA) is 108 Å². The lowest BCUT2D eigenvalue weighted by Crippen LogP contribution is -2.10. The predicted octanol–water partition coefficient (Wildman–Crippen LogP) is 4.02. The van der Waals surface area contributed by atoms with Crippen molar-refractivity contribution in [3.8, 4) is 22.3 Å². The van der Waals surface area contributed by atoms with Crippen LogP contribution in [0.5, 0.6) is 0 Å². The molecule has 0 unspecified atom stereocenters. The van der Waals surface area contributed by atoms with E-state index in [1.54, 1.807) is 24.3 Å². The van der Waals surface area contributed by atoms with E-state index in [4.69, 9.17) is 11.1 Å². The molecule has 0 saturated carbocycles. The van der Waals surface area contributed by atoms with Crippen molar-refractivity contribution < 1.29 is 9.59 Å². The number of carbonyl (C=O) groups excluding carboxylic acids is 2. The van der Waals surface area contributed by atoms with Gasteiger partial charge in [-0.25, -0.2) is 0 Å². The van der Waals surface area contributed by atoms with Crippen molar-refractivity contribution in [3.63, 3.8) is 0 Å².